The Hall–Kier alpha value is -0.290. The predicted octanol–water partition coefficient (Wildman–Crippen LogP) is 3.84. The predicted molar refractivity (Wildman–Crippen MR) is 97.0 cm³/mol. The Balaban J connectivity index is 0.00000176. The van der Waals surface area contributed by atoms with Crippen molar-refractivity contribution >= 4 is 28.3 Å². The number of methoxy groups -OCH3 is 1. The van der Waals surface area contributed by atoms with Crippen molar-refractivity contribution in [3.05, 3.63) is 28.2 Å². The van der Waals surface area contributed by atoms with E-state index in [4.69, 9.17) is 4.74 Å². The van der Waals surface area contributed by atoms with Crippen molar-refractivity contribution in [3.8, 4) is 5.75 Å². The molecule has 3 rings (SSSR count). The summed E-state index contributed by atoms with van der Waals surface area (Å²) in [7, 11) is 1.75. The minimum atomic E-state index is 0. The molecular weight excluding hydrogens is 364 g/mol. The van der Waals surface area contributed by atoms with Crippen molar-refractivity contribution in [2.75, 3.05) is 26.7 Å². The molecule has 0 bridgehead atoms. The van der Waals surface area contributed by atoms with E-state index in [1.54, 1.807) is 7.11 Å². The van der Waals surface area contributed by atoms with Crippen LogP contribution < -0.4 is 10.1 Å². The summed E-state index contributed by atoms with van der Waals surface area (Å²) < 4.78 is 6.60. The van der Waals surface area contributed by atoms with E-state index in [1.807, 2.05) is 12.1 Å². The maximum absolute atomic E-state index is 5.47. The molecule has 3 nitrogen and oxygen atoms in total. The van der Waals surface area contributed by atoms with Crippen LogP contribution in [0.2, 0.25) is 0 Å². The second-order valence-corrected chi connectivity index (χ2v) is 7.27. The number of halogens is 2. The van der Waals surface area contributed by atoms with Crippen molar-refractivity contribution < 1.29 is 4.74 Å². The van der Waals surface area contributed by atoms with Crippen molar-refractivity contribution in [3.63, 3.8) is 0 Å². The summed E-state index contributed by atoms with van der Waals surface area (Å²) in [5.41, 5.74) is 1.27. The normalized spacial score (nSPS) is 19.7. The van der Waals surface area contributed by atoms with Crippen LogP contribution in [-0.2, 0) is 6.54 Å². The van der Waals surface area contributed by atoms with Gasteiger partial charge in [0.05, 0.1) is 7.11 Å². The second-order valence-electron chi connectivity index (χ2n) is 6.36. The zero-order valence-electron chi connectivity index (χ0n) is 13.2. The van der Waals surface area contributed by atoms with Crippen molar-refractivity contribution in [2.24, 2.45) is 5.92 Å². The van der Waals surface area contributed by atoms with Gasteiger partial charge in [0.1, 0.15) is 5.75 Å². The van der Waals surface area contributed by atoms with E-state index >= 15 is 0 Å². The molecule has 1 N–H and O–H groups in total. The molecule has 1 aromatic rings. The van der Waals surface area contributed by atoms with Gasteiger partial charge in [0, 0.05) is 22.6 Å². The highest BCUT2D eigenvalue weighted by molar-refractivity contribution is 9.10. The molecule has 1 heterocycles. The monoisotopic (exact) mass is 388 g/mol. The fourth-order valence-corrected chi connectivity index (χ4v) is 3.47. The minimum absolute atomic E-state index is 0. The summed E-state index contributed by atoms with van der Waals surface area (Å²) in [6.45, 7) is 4.58. The van der Waals surface area contributed by atoms with Crippen molar-refractivity contribution in [2.45, 2.75) is 38.3 Å². The lowest BCUT2D eigenvalue weighted by atomic mass is 10.0. The molecule has 124 valence electrons. The number of benzene rings is 1. The number of nitrogens with zero attached hydrogens (tertiary/aromatic N) is 1. The van der Waals surface area contributed by atoms with Crippen molar-refractivity contribution in [1.29, 1.82) is 0 Å². The largest absolute Gasteiger partial charge is 0.496 e. The molecule has 0 atom stereocenters. The number of ether oxygens (including phenoxy) is 1. The van der Waals surface area contributed by atoms with Crippen molar-refractivity contribution in [1.82, 2.24) is 10.2 Å². The number of hydrogen-bond donors (Lipinski definition) is 1. The topological polar surface area (TPSA) is 24.5 Å². The Kier molecular flexibility index (Phi) is 7.00. The lowest BCUT2D eigenvalue weighted by Gasteiger charge is -2.32. The fraction of sp³-hybridized carbons (Fsp3) is 0.647. The molecule has 2 fully saturated rings. The van der Waals surface area contributed by atoms with Gasteiger partial charge in [0.2, 0.25) is 0 Å². The van der Waals surface area contributed by atoms with Crippen LogP contribution in [0, 0.1) is 5.92 Å². The SMILES string of the molecule is COc1ccc(Br)cc1CN1CCC(NCC2CC2)CC1.Cl. The Morgan fingerprint density at radius 2 is 1.95 bits per heavy atom. The van der Waals surface area contributed by atoms with E-state index in [0.29, 0.717) is 0 Å². The molecule has 0 aromatic heterocycles. The third-order valence-corrected chi connectivity index (χ3v) is 5.11. The van der Waals surface area contributed by atoms with Crippen LogP contribution in [-0.4, -0.2) is 37.7 Å². The van der Waals surface area contributed by atoms with Gasteiger partial charge in [-0.2, -0.15) is 0 Å². The molecule has 1 aromatic carbocycles. The number of rotatable bonds is 6. The lowest BCUT2D eigenvalue weighted by molar-refractivity contribution is 0.188. The fourth-order valence-electron chi connectivity index (χ4n) is 3.06. The molecule has 1 saturated heterocycles. The van der Waals surface area contributed by atoms with Crippen LogP contribution in [0.3, 0.4) is 0 Å². The molecular formula is C17H26BrClN2O. The van der Waals surface area contributed by atoms with Crippen LogP contribution >= 0.6 is 28.3 Å². The van der Waals surface area contributed by atoms with Crippen LogP contribution in [0.5, 0.6) is 5.75 Å². The van der Waals surface area contributed by atoms with Gasteiger partial charge >= 0.3 is 0 Å². The number of piperidine rings is 1. The highest BCUT2D eigenvalue weighted by Gasteiger charge is 2.24. The molecule has 1 aliphatic carbocycles. The Bertz CT molecular complexity index is 474. The Labute approximate surface area is 148 Å². The van der Waals surface area contributed by atoms with Crippen LogP contribution in [0.1, 0.15) is 31.2 Å². The quantitative estimate of drug-likeness (QED) is 0.800. The Morgan fingerprint density at radius 3 is 2.59 bits per heavy atom. The molecule has 0 amide bonds. The summed E-state index contributed by atoms with van der Waals surface area (Å²) in [6, 6.07) is 6.99. The highest BCUT2D eigenvalue weighted by atomic mass is 79.9. The summed E-state index contributed by atoms with van der Waals surface area (Å²) in [4.78, 5) is 2.54. The maximum Gasteiger partial charge on any atom is 0.123 e. The van der Waals surface area contributed by atoms with E-state index < -0.39 is 0 Å². The van der Waals surface area contributed by atoms with Gasteiger partial charge in [-0.25, -0.2) is 0 Å². The van der Waals surface area contributed by atoms with Crippen LogP contribution in [0.25, 0.3) is 0 Å². The highest BCUT2D eigenvalue weighted by Crippen LogP contribution is 2.28. The summed E-state index contributed by atoms with van der Waals surface area (Å²) >= 11 is 3.56. The van der Waals surface area contributed by atoms with E-state index in [2.05, 4.69) is 32.2 Å². The molecule has 2 aliphatic rings. The average molecular weight is 390 g/mol. The molecule has 1 aliphatic heterocycles. The molecule has 0 unspecified atom stereocenters. The molecule has 0 radical (unpaired) electrons. The standard InChI is InChI=1S/C17H25BrN2O.ClH/c1-21-17-5-4-15(18)10-14(17)12-20-8-6-16(7-9-20)19-11-13-2-3-13;/h4-5,10,13,16,19H,2-3,6-9,11-12H2,1H3;1H. The molecule has 0 spiro atoms. The zero-order chi connectivity index (χ0) is 14.7. The Morgan fingerprint density at radius 1 is 1.23 bits per heavy atom. The van der Waals surface area contributed by atoms with Gasteiger partial charge in [0.15, 0.2) is 0 Å². The third-order valence-electron chi connectivity index (χ3n) is 4.62. The first-order chi connectivity index (χ1) is 10.2. The van der Waals surface area contributed by atoms with Gasteiger partial charge in [-0.05, 0) is 69.4 Å². The van der Waals surface area contributed by atoms with Gasteiger partial charge in [-0.1, -0.05) is 15.9 Å². The van der Waals surface area contributed by atoms with Crippen LogP contribution in [0.15, 0.2) is 22.7 Å². The summed E-state index contributed by atoms with van der Waals surface area (Å²) in [5.74, 6) is 1.97. The maximum atomic E-state index is 5.47. The first-order valence-corrected chi connectivity index (χ1v) is 8.82. The van der Waals surface area contributed by atoms with Gasteiger partial charge in [-0.3, -0.25) is 4.90 Å². The van der Waals surface area contributed by atoms with Gasteiger partial charge in [0.25, 0.3) is 0 Å². The number of likely N-dealkylation sites (tertiary alicyclic amines) is 1. The molecule has 1 saturated carbocycles. The lowest BCUT2D eigenvalue weighted by Crippen LogP contribution is -2.42. The average Bonchev–Trinajstić information content (AvgIpc) is 3.31. The molecule has 22 heavy (non-hydrogen) atoms. The first-order valence-electron chi connectivity index (χ1n) is 8.03. The summed E-state index contributed by atoms with van der Waals surface area (Å²) in [5, 5.41) is 3.74. The van der Waals surface area contributed by atoms with Gasteiger partial charge in [-0.15, -0.1) is 12.4 Å². The van der Waals surface area contributed by atoms with Gasteiger partial charge < -0.3 is 10.1 Å². The molecule has 5 heteroatoms. The number of nitrogens with one attached hydrogen (secondary N) is 1. The van der Waals surface area contributed by atoms with Crippen LogP contribution in [0.4, 0.5) is 0 Å². The van der Waals surface area contributed by atoms with E-state index in [-0.39, 0.29) is 12.4 Å². The zero-order valence-corrected chi connectivity index (χ0v) is 15.6. The third kappa shape index (κ3) is 5.12. The van der Waals surface area contributed by atoms with E-state index in [0.717, 1.165) is 28.7 Å². The minimum Gasteiger partial charge on any atom is -0.496 e. The van der Waals surface area contributed by atoms with E-state index in [1.165, 1.54) is 50.9 Å². The number of hydrogen-bond acceptors (Lipinski definition) is 3. The summed E-state index contributed by atoms with van der Waals surface area (Å²) in [6.07, 6.45) is 5.41. The smallest absolute Gasteiger partial charge is 0.123 e. The second kappa shape index (κ2) is 8.53. The first kappa shape index (κ1) is 18.1. The van der Waals surface area contributed by atoms with E-state index in [9.17, 15) is 0 Å².